The molecule has 1 atom stereocenters. The standard InChI is InChI=1S/C10H13BrClN/c1-7(13)2-3-8-4-5-10(12)9(11)6-8/h4-7H,2-3,13H2,1H3/t7-/m1/s1. The highest BCUT2D eigenvalue weighted by Gasteiger charge is 2.00. The molecule has 0 saturated heterocycles. The molecule has 0 aliphatic rings. The van der Waals surface area contributed by atoms with Crippen molar-refractivity contribution in [3.63, 3.8) is 0 Å². The Balaban J connectivity index is 2.63. The third-order valence-corrected chi connectivity index (χ3v) is 3.09. The van der Waals surface area contributed by atoms with E-state index in [0.29, 0.717) is 0 Å². The second-order valence-corrected chi connectivity index (χ2v) is 4.53. The SMILES string of the molecule is C[C@@H](N)CCc1ccc(Cl)c(Br)c1. The lowest BCUT2D eigenvalue weighted by molar-refractivity contribution is 0.666. The summed E-state index contributed by atoms with van der Waals surface area (Å²) in [6.45, 7) is 2.02. The molecule has 0 heterocycles. The highest BCUT2D eigenvalue weighted by molar-refractivity contribution is 9.10. The summed E-state index contributed by atoms with van der Waals surface area (Å²) in [7, 11) is 0. The molecule has 0 amide bonds. The first-order valence-electron chi connectivity index (χ1n) is 4.29. The first-order chi connectivity index (χ1) is 6.09. The van der Waals surface area contributed by atoms with Crippen molar-refractivity contribution >= 4 is 27.5 Å². The fraction of sp³-hybridized carbons (Fsp3) is 0.400. The van der Waals surface area contributed by atoms with Crippen LogP contribution >= 0.6 is 27.5 Å². The van der Waals surface area contributed by atoms with Crippen LogP contribution in [0.25, 0.3) is 0 Å². The van der Waals surface area contributed by atoms with E-state index in [4.69, 9.17) is 17.3 Å². The molecular weight excluding hydrogens is 249 g/mol. The maximum atomic E-state index is 5.87. The van der Waals surface area contributed by atoms with Gasteiger partial charge in [-0.1, -0.05) is 17.7 Å². The van der Waals surface area contributed by atoms with Gasteiger partial charge in [0.25, 0.3) is 0 Å². The van der Waals surface area contributed by atoms with Gasteiger partial charge >= 0.3 is 0 Å². The van der Waals surface area contributed by atoms with E-state index in [2.05, 4.69) is 15.9 Å². The van der Waals surface area contributed by atoms with Gasteiger partial charge in [-0.2, -0.15) is 0 Å². The van der Waals surface area contributed by atoms with Crippen LogP contribution in [0.5, 0.6) is 0 Å². The Morgan fingerprint density at radius 3 is 2.77 bits per heavy atom. The second kappa shape index (κ2) is 4.99. The van der Waals surface area contributed by atoms with Crippen molar-refractivity contribution < 1.29 is 0 Å². The van der Waals surface area contributed by atoms with Gasteiger partial charge < -0.3 is 5.73 Å². The molecule has 0 bridgehead atoms. The summed E-state index contributed by atoms with van der Waals surface area (Å²) in [6, 6.07) is 6.25. The first kappa shape index (κ1) is 11.0. The third kappa shape index (κ3) is 3.67. The summed E-state index contributed by atoms with van der Waals surface area (Å²) < 4.78 is 0.955. The van der Waals surface area contributed by atoms with Crippen LogP contribution in [-0.4, -0.2) is 6.04 Å². The number of aryl methyl sites for hydroxylation is 1. The maximum absolute atomic E-state index is 5.87. The largest absolute Gasteiger partial charge is 0.328 e. The third-order valence-electron chi connectivity index (χ3n) is 1.87. The maximum Gasteiger partial charge on any atom is 0.0548 e. The van der Waals surface area contributed by atoms with Gasteiger partial charge in [-0.25, -0.2) is 0 Å². The smallest absolute Gasteiger partial charge is 0.0548 e. The van der Waals surface area contributed by atoms with Crippen molar-refractivity contribution in [2.75, 3.05) is 0 Å². The Labute approximate surface area is 92.4 Å². The zero-order valence-electron chi connectivity index (χ0n) is 7.56. The Hall–Kier alpha value is -0.0500. The highest BCUT2D eigenvalue weighted by Crippen LogP contribution is 2.23. The number of hydrogen-bond acceptors (Lipinski definition) is 1. The van der Waals surface area contributed by atoms with E-state index in [-0.39, 0.29) is 6.04 Å². The van der Waals surface area contributed by atoms with Gasteiger partial charge in [0.15, 0.2) is 0 Å². The summed E-state index contributed by atoms with van der Waals surface area (Å²) in [6.07, 6.45) is 2.02. The minimum absolute atomic E-state index is 0.259. The number of hydrogen-bond donors (Lipinski definition) is 1. The minimum Gasteiger partial charge on any atom is -0.328 e. The van der Waals surface area contributed by atoms with Crippen molar-refractivity contribution in [2.24, 2.45) is 5.73 Å². The molecule has 0 aliphatic heterocycles. The number of rotatable bonds is 3. The monoisotopic (exact) mass is 261 g/mol. The summed E-state index contributed by atoms with van der Waals surface area (Å²) in [5.41, 5.74) is 6.94. The molecule has 1 nitrogen and oxygen atoms in total. The van der Waals surface area contributed by atoms with E-state index in [1.54, 1.807) is 0 Å². The Kier molecular flexibility index (Phi) is 4.23. The number of nitrogens with two attached hydrogens (primary N) is 1. The molecule has 2 N–H and O–H groups in total. The number of benzene rings is 1. The first-order valence-corrected chi connectivity index (χ1v) is 5.46. The van der Waals surface area contributed by atoms with Gasteiger partial charge in [-0.05, 0) is 53.4 Å². The highest BCUT2D eigenvalue weighted by atomic mass is 79.9. The van der Waals surface area contributed by atoms with Crippen molar-refractivity contribution in [1.29, 1.82) is 0 Å². The van der Waals surface area contributed by atoms with Crippen LogP contribution in [0.1, 0.15) is 18.9 Å². The van der Waals surface area contributed by atoms with Crippen LogP contribution in [-0.2, 0) is 6.42 Å². The Bertz CT molecular complexity index is 286. The molecule has 0 fully saturated rings. The van der Waals surface area contributed by atoms with E-state index in [1.807, 2.05) is 25.1 Å². The average molecular weight is 263 g/mol. The van der Waals surface area contributed by atoms with E-state index >= 15 is 0 Å². The molecule has 1 aromatic carbocycles. The molecule has 0 aromatic heterocycles. The molecule has 0 radical (unpaired) electrons. The molecule has 0 aliphatic carbocycles. The molecule has 1 rings (SSSR count). The lowest BCUT2D eigenvalue weighted by Gasteiger charge is -2.05. The van der Waals surface area contributed by atoms with Gasteiger partial charge in [0.05, 0.1) is 5.02 Å². The Morgan fingerprint density at radius 1 is 1.54 bits per heavy atom. The molecule has 3 heteroatoms. The summed E-state index contributed by atoms with van der Waals surface area (Å²) in [5.74, 6) is 0. The predicted octanol–water partition coefficient (Wildman–Crippen LogP) is 3.38. The fourth-order valence-corrected chi connectivity index (χ4v) is 1.63. The van der Waals surface area contributed by atoms with Crippen molar-refractivity contribution in [3.05, 3.63) is 33.3 Å². The van der Waals surface area contributed by atoms with E-state index < -0.39 is 0 Å². The summed E-state index contributed by atoms with van der Waals surface area (Å²) >= 11 is 9.26. The summed E-state index contributed by atoms with van der Waals surface area (Å²) in [4.78, 5) is 0. The van der Waals surface area contributed by atoms with Gasteiger partial charge in [-0.3, -0.25) is 0 Å². The van der Waals surface area contributed by atoms with Gasteiger partial charge in [0, 0.05) is 10.5 Å². The fourth-order valence-electron chi connectivity index (χ4n) is 1.09. The normalized spacial score (nSPS) is 12.9. The predicted molar refractivity (Wildman–Crippen MR) is 61.1 cm³/mol. The van der Waals surface area contributed by atoms with Crippen LogP contribution < -0.4 is 5.73 Å². The lowest BCUT2D eigenvalue weighted by Crippen LogP contribution is -2.15. The molecule has 0 saturated carbocycles. The number of halogens is 2. The zero-order valence-corrected chi connectivity index (χ0v) is 9.90. The topological polar surface area (TPSA) is 26.0 Å². The van der Waals surface area contributed by atoms with Crippen LogP contribution in [0.3, 0.4) is 0 Å². The minimum atomic E-state index is 0.259. The zero-order chi connectivity index (χ0) is 9.84. The lowest BCUT2D eigenvalue weighted by atomic mass is 10.1. The van der Waals surface area contributed by atoms with E-state index in [0.717, 1.165) is 22.3 Å². The van der Waals surface area contributed by atoms with Gasteiger partial charge in [-0.15, -0.1) is 0 Å². The summed E-state index contributed by atoms with van der Waals surface area (Å²) in [5, 5.41) is 0.754. The quantitative estimate of drug-likeness (QED) is 0.888. The Morgan fingerprint density at radius 2 is 2.23 bits per heavy atom. The van der Waals surface area contributed by atoms with E-state index in [1.165, 1.54) is 5.56 Å². The van der Waals surface area contributed by atoms with Crippen molar-refractivity contribution in [3.8, 4) is 0 Å². The van der Waals surface area contributed by atoms with Crippen molar-refractivity contribution in [1.82, 2.24) is 0 Å². The average Bonchev–Trinajstić information content (AvgIpc) is 2.07. The van der Waals surface area contributed by atoms with E-state index in [9.17, 15) is 0 Å². The molecule has 1 aromatic rings. The molecule has 72 valence electrons. The van der Waals surface area contributed by atoms with Gasteiger partial charge in [0.1, 0.15) is 0 Å². The molecule has 0 spiro atoms. The van der Waals surface area contributed by atoms with Crippen LogP contribution in [0, 0.1) is 0 Å². The molecule has 0 unspecified atom stereocenters. The van der Waals surface area contributed by atoms with Crippen LogP contribution in [0.15, 0.2) is 22.7 Å². The molecule has 13 heavy (non-hydrogen) atoms. The van der Waals surface area contributed by atoms with Crippen molar-refractivity contribution in [2.45, 2.75) is 25.8 Å². The van der Waals surface area contributed by atoms with Gasteiger partial charge in [0.2, 0.25) is 0 Å². The van der Waals surface area contributed by atoms with Crippen LogP contribution in [0.4, 0.5) is 0 Å². The molecular formula is C10H13BrClN. The second-order valence-electron chi connectivity index (χ2n) is 3.26. The van der Waals surface area contributed by atoms with Crippen LogP contribution in [0.2, 0.25) is 5.02 Å².